The van der Waals surface area contributed by atoms with Gasteiger partial charge in [0.2, 0.25) is 0 Å². The summed E-state index contributed by atoms with van der Waals surface area (Å²) in [5, 5.41) is 2.78. The number of methoxy groups -OCH3 is 1. The first-order valence-corrected chi connectivity index (χ1v) is 10.9. The normalized spacial score (nSPS) is 12.6. The molecule has 6 heteroatoms. The summed E-state index contributed by atoms with van der Waals surface area (Å²) in [6.45, 7) is 10.9. The number of carbonyl (C=O) groups excluding carboxylic acids is 2. The number of rotatable bonds is 4. The summed E-state index contributed by atoms with van der Waals surface area (Å²) in [7, 11) is -0.464. The highest BCUT2D eigenvalue weighted by atomic mass is 28.3. The molecular formula is C18H26N2O3Si. The monoisotopic (exact) mass is 346 g/mol. The van der Waals surface area contributed by atoms with Crippen molar-refractivity contribution >= 4 is 20.0 Å². The molecular weight excluding hydrogens is 320 g/mol. The van der Waals surface area contributed by atoms with Crippen molar-refractivity contribution in [2.75, 3.05) is 7.11 Å². The van der Waals surface area contributed by atoms with Gasteiger partial charge in [-0.3, -0.25) is 9.78 Å². The molecule has 0 saturated heterocycles. The van der Waals surface area contributed by atoms with Crippen LogP contribution in [-0.2, 0) is 9.53 Å². The van der Waals surface area contributed by atoms with Gasteiger partial charge in [-0.25, -0.2) is 4.79 Å². The van der Waals surface area contributed by atoms with Crippen molar-refractivity contribution in [1.82, 2.24) is 10.3 Å². The number of amides is 1. The molecule has 1 rings (SSSR count). The second kappa shape index (κ2) is 8.11. The van der Waals surface area contributed by atoms with Gasteiger partial charge in [-0.15, -0.1) is 11.5 Å². The maximum atomic E-state index is 12.2. The molecule has 0 bridgehead atoms. The molecule has 0 radical (unpaired) electrons. The van der Waals surface area contributed by atoms with Crippen molar-refractivity contribution in [2.45, 2.75) is 51.4 Å². The number of carbonyl (C=O) groups is 2. The van der Waals surface area contributed by atoms with Gasteiger partial charge in [0.25, 0.3) is 5.91 Å². The first kappa shape index (κ1) is 19.9. The summed E-state index contributed by atoms with van der Waals surface area (Å²) in [4.78, 5) is 28.1. The second-order valence-corrected chi connectivity index (χ2v) is 12.1. The Kier molecular flexibility index (Phi) is 6.73. The van der Waals surface area contributed by atoms with Crippen LogP contribution in [0.25, 0.3) is 0 Å². The smallest absolute Gasteiger partial charge is 0.329 e. The third-order valence-corrected chi connectivity index (χ3v) is 8.82. The molecule has 0 aromatic carbocycles. The third-order valence-electron chi connectivity index (χ3n) is 4.27. The van der Waals surface area contributed by atoms with Crippen molar-refractivity contribution in [1.29, 1.82) is 0 Å². The van der Waals surface area contributed by atoms with E-state index >= 15 is 0 Å². The van der Waals surface area contributed by atoms with Gasteiger partial charge in [0, 0.05) is 12.6 Å². The molecule has 1 N–H and O–H groups in total. The van der Waals surface area contributed by atoms with Crippen LogP contribution in [0.15, 0.2) is 24.4 Å². The second-order valence-electron chi connectivity index (χ2n) is 7.15. The summed E-state index contributed by atoms with van der Waals surface area (Å²) in [6, 6.07) is 4.22. The number of nitrogens with zero attached hydrogens (tertiary/aromatic N) is 1. The van der Waals surface area contributed by atoms with E-state index in [0.717, 1.165) is 0 Å². The van der Waals surface area contributed by atoms with Crippen molar-refractivity contribution in [3.05, 3.63) is 30.1 Å². The maximum absolute atomic E-state index is 12.2. The van der Waals surface area contributed by atoms with E-state index in [1.807, 2.05) is 0 Å². The van der Waals surface area contributed by atoms with Crippen LogP contribution >= 0.6 is 0 Å². The molecule has 0 spiro atoms. The van der Waals surface area contributed by atoms with Crippen LogP contribution in [-0.4, -0.2) is 38.1 Å². The molecule has 1 atom stereocenters. The zero-order valence-corrected chi connectivity index (χ0v) is 16.3. The number of aromatic nitrogens is 1. The Labute approximate surface area is 145 Å². The lowest BCUT2D eigenvalue weighted by Gasteiger charge is -2.31. The molecule has 1 aromatic rings. The number of pyridine rings is 1. The van der Waals surface area contributed by atoms with E-state index < -0.39 is 26.0 Å². The molecule has 0 aliphatic heterocycles. The average molecular weight is 347 g/mol. The van der Waals surface area contributed by atoms with E-state index in [9.17, 15) is 9.59 Å². The number of esters is 1. The van der Waals surface area contributed by atoms with Crippen molar-refractivity contribution < 1.29 is 14.3 Å². The number of hydrogen-bond donors (Lipinski definition) is 1. The molecule has 1 amide bonds. The van der Waals surface area contributed by atoms with Crippen LogP contribution in [0.4, 0.5) is 0 Å². The highest BCUT2D eigenvalue weighted by Gasteiger charge is 2.33. The Morgan fingerprint density at radius 1 is 1.33 bits per heavy atom. The van der Waals surface area contributed by atoms with Crippen molar-refractivity contribution in [3.63, 3.8) is 0 Å². The molecule has 130 valence electrons. The molecule has 0 aliphatic rings. The van der Waals surface area contributed by atoms with Crippen LogP contribution in [0.3, 0.4) is 0 Å². The van der Waals surface area contributed by atoms with E-state index in [-0.39, 0.29) is 17.2 Å². The predicted octanol–water partition coefficient (Wildman–Crippen LogP) is 2.79. The maximum Gasteiger partial charge on any atom is 0.329 e. The van der Waals surface area contributed by atoms with Gasteiger partial charge >= 0.3 is 5.97 Å². The summed E-state index contributed by atoms with van der Waals surface area (Å²) in [5.74, 6) is 2.15. The minimum absolute atomic E-state index is 0.137. The largest absolute Gasteiger partial charge is 0.467 e. The van der Waals surface area contributed by atoms with Gasteiger partial charge < -0.3 is 10.1 Å². The van der Waals surface area contributed by atoms with Crippen LogP contribution in [0, 0.1) is 11.5 Å². The van der Waals surface area contributed by atoms with Gasteiger partial charge in [0.05, 0.1) is 7.11 Å². The van der Waals surface area contributed by atoms with Gasteiger partial charge in [0.15, 0.2) is 0 Å². The lowest BCUT2D eigenvalue weighted by molar-refractivity contribution is -0.142. The highest BCUT2D eigenvalue weighted by Crippen LogP contribution is 2.35. The Morgan fingerprint density at radius 2 is 2.00 bits per heavy atom. The lowest BCUT2D eigenvalue weighted by Crippen LogP contribution is -2.42. The summed E-state index contributed by atoms with van der Waals surface area (Å²) in [5.41, 5.74) is 3.59. The molecule has 0 fully saturated rings. The molecule has 0 unspecified atom stereocenters. The average Bonchev–Trinajstić information content (AvgIpc) is 2.52. The number of hydrogen-bond acceptors (Lipinski definition) is 4. The van der Waals surface area contributed by atoms with Crippen molar-refractivity contribution in [3.8, 4) is 11.5 Å². The minimum Gasteiger partial charge on any atom is -0.467 e. The molecule has 1 aromatic heterocycles. The summed E-state index contributed by atoms with van der Waals surface area (Å²) >= 11 is 0. The minimum atomic E-state index is -1.76. The predicted molar refractivity (Wildman–Crippen MR) is 97.1 cm³/mol. The molecule has 24 heavy (non-hydrogen) atoms. The van der Waals surface area contributed by atoms with Gasteiger partial charge in [0.1, 0.15) is 19.8 Å². The Balaban J connectivity index is 2.85. The SMILES string of the molecule is COC(=O)[C@H](CC#C[Si](C)(C)C(C)(C)C)NC(=O)c1ccccn1. The van der Waals surface area contributed by atoms with Gasteiger partial charge in [-0.2, -0.15) is 0 Å². The quantitative estimate of drug-likeness (QED) is 0.517. The lowest BCUT2D eigenvalue weighted by atomic mass is 10.2. The fraction of sp³-hybridized carbons (Fsp3) is 0.500. The molecule has 5 nitrogen and oxygen atoms in total. The van der Waals surface area contributed by atoms with E-state index in [0.29, 0.717) is 0 Å². The van der Waals surface area contributed by atoms with E-state index in [1.165, 1.54) is 13.3 Å². The Bertz CT molecular complexity index is 640. The first-order valence-electron chi connectivity index (χ1n) is 7.88. The van der Waals surface area contributed by atoms with Crippen LogP contribution < -0.4 is 5.32 Å². The van der Waals surface area contributed by atoms with E-state index in [4.69, 9.17) is 4.74 Å². The van der Waals surface area contributed by atoms with E-state index in [2.05, 4.69) is 55.6 Å². The molecule has 0 saturated carbocycles. The Morgan fingerprint density at radius 3 is 2.50 bits per heavy atom. The van der Waals surface area contributed by atoms with Crippen LogP contribution in [0.1, 0.15) is 37.7 Å². The third kappa shape index (κ3) is 5.50. The highest BCUT2D eigenvalue weighted by molar-refractivity contribution is 6.87. The Hall–Kier alpha value is -2.13. The first-order chi connectivity index (χ1) is 11.1. The van der Waals surface area contributed by atoms with E-state index in [1.54, 1.807) is 18.2 Å². The molecule has 0 aliphatic carbocycles. The summed E-state index contributed by atoms with van der Waals surface area (Å²) < 4.78 is 4.77. The summed E-state index contributed by atoms with van der Waals surface area (Å²) in [6.07, 6.45) is 1.75. The number of nitrogens with one attached hydrogen (secondary N) is 1. The zero-order valence-electron chi connectivity index (χ0n) is 15.3. The van der Waals surface area contributed by atoms with Crippen LogP contribution in [0.5, 0.6) is 0 Å². The molecule has 1 heterocycles. The zero-order chi connectivity index (χ0) is 18.4. The van der Waals surface area contributed by atoms with Gasteiger partial charge in [-0.05, 0) is 17.2 Å². The van der Waals surface area contributed by atoms with Crippen molar-refractivity contribution in [2.24, 2.45) is 0 Å². The van der Waals surface area contributed by atoms with Gasteiger partial charge in [-0.1, -0.05) is 39.9 Å². The fourth-order valence-electron chi connectivity index (χ4n) is 1.63. The number of ether oxygens (including phenoxy) is 1. The fourth-order valence-corrected chi connectivity index (χ4v) is 2.55. The standard InChI is InChI=1S/C18H26N2O3Si/c1-18(2,3)24(5,6)13-9-11-15(17(22)23-4)20-16(21)14-10-7-8-12-19-14/h7-8,10,12,15H,11H2,1-6H3,(H,20,21)/t15-/m0/s1. The van der Waals surface area contributed by atoms with Crippen LogP contribution in [0.2, 0.25) is 18.1 Å². The topological polar surface area (TPSA) is 68.3 Å².